The minimum absolute atomic E-state index is 0.0222. The van der Waals surface area contributed by atoms with Crippen LogP contribution in [0.4, 0.5) is 17.1 Å². The molecule has 3 rings (SSSR count). The van der Waals surface area contributed by atoms with Crippen molar-refractivity contribution in [2.24, 2.45) is 0 Å². The molecule has 0 atom stereocenters. The van der Waals surface area contributed by atoms with Gasteiger partial charge in [-0.1, -0.05) is 18.5 Å². The second-order valence-corrected chi connectivity index (χ2v) is 6.63. The molecule has 2 aromatic carbocycles. The van der Waals surface area contributed by atoms with Crippen LogP contribution in [0.25, 0.3) is 0 Å². The van der Waals surface area contributed by atoms with E-state index in [9.17, 15) is 19.7 Å². The van der Waals surface area contributed by atoms with E-state index in [2.05, 4.69) is 5.32 Å². The second-order valence-electron chi connectivity index (χ2n) is 6.22. The van der Waals surface area contributed by atoms with Gasteiger partial charge in [-0.15, -0.1) is 0 Å². The molecule has 27 heavy (non-hydrogen) atoms. The van der Waals surface area contributed by atoms with Gasteiger partial charge in [0.2, 0.25) is 5.91 Å². The summed E-state index contributed by atoms with van der Waals surface area (Å²) in [5.41, 5.74) is 2.26. The predicted molar refractivity (Wildman–Crippen MR) is 103 cm³/mol. The lowest BCUT2D eigenvalue weighted by Gasteiger charge is -2.29. The highest BCUT2D eigenvalue weighted by atomic mass is 35.5. The number of carbonyl (C=O) groups is 2. The molecule has 0 saturated carbocycles. The number of aryl methyl sites for hydroxylation is 1. The molecule has 1 aliphatic heterocycles. The van der Waals surface area contributed by atoms with Crippen LogP contribution in [0.3, 0.4) is 0 Å². The third-order valence-corrected chi connectivity index (χ3v) is 4.78. The maximum Gasteiger partial charge on any atom is 0.288 e. The normalized spacial score (nSPS) is 13.0. The van der Waals surface area contributed by atoms with Crippen LogP contribution in [-0.4, -0.2) is 23.3 Å². The number of anilines is 2. The van der Waals surface area contributed by atoms with Crippen molar-refractivity contribution in [3.8, 4) is 0 Å². The monoisotopic (exact) mass is 387 g/mol. The number of nitro benzene ring substituents is 1. The molecule has 0 unspecified atom stereocenters. The Morgan fingerprint density at radius 3 is 2.74 bits per heavy atom. The van der Waals surface area contributed by atoms with Crippen LogP contribution in [0.15, 0.2) is 36.4 Å². The minimum atomic E-state index is -0.628. The van der Waals surface area contributed by atoms with Gasteiger partial charge in [0, 0.05) is 36.0 Å². The molecular weight excluding hydrogens is 370 g/mol. The molecule has 0 radical (unpaired) electrons. The van der Waals surface area contributed by atoms with Crippen LogP contribution in [0.5, 0.6) is 0 Å². The van der Waals surface area contributed by atoms with Crippen molar-refractivity contribution in [2.45, 2.75) is 26.2 Å². The summed E-state index contributed by atoms with van der Waals surface area (Å²) >= 11 is 5.78. The SMILES string of the molecule is CCC(=O)N1CCCc2cc(NC(=O)c3ccc(Cl)c([N+](=O)[O-])c3)ccc21. The molecule has 1 heterocycles. The average Bonchev–Trinajstić information content (AvgIpc) is 2.66. The zero-order chi connectivity index (χ0) is 19.6. The van der Waals surface area contributed by atoms with E-state index in [0.717, 1.165) is 30.2 Å². The largest absolute Gasteiger partial charge is 0.322 e. The molecule has 1 N–H and O–H groups in total. The molecule has 0 aliphatic carbocycles. The first-order chi connectivity index (χ1) is 12.9. The number of nitro groups is 1. The smallest absolute Gasteiger partial charge is 0.288 e. The molecule has 0 spiro atoms. The van der Waals surface area contributed by atoms with Crippen molar-refractivity contribution in [3.63, 3.8) is 0 Å². The van der Waals surface area contributed by atoms with Gasteiger partial charge in [0.15, 0.2) is 0 Å². The Kier molecular flexibility index (Phi) is 5.41. The topological polar surface area (TPSA) is 92.6 Å². The molecule has 2 aromatic rings. The lowest BCUT2D eigenvalue weighted by molar-refractivity contribution is -0.384. The van der Waals surface area contributed by atoms with Crippen LogP contribution < -0.4 is 10.2 Å². The molecule has 7 nitrogen and oxygen atoms in total. The Hall–Kier alpha value is -2.93. The number of amides is 2. The molecular formula is C19H18ClN3O4. The first kappa shape index (κ1) is 18.8. The number of halogens is 1. The number of benzene rings is 2. The van der Waals surface area contributed by atoms with Crippen LogP contribution in [0, 0.1) is 10.1 Å². The second kappa shape index (κ2) is 7.75. The van der Waals surface area contributed by atoms with E-state index in [1.807, 2.05) is 19.1 Å². The van der Waals surface area contributed by atoms with Gasteiger partial charge >= 0.3 is 0 Å². The fourth-order valence-corrected chi connectivity index (χ4v) is 3.31. The molecule has 8 heteroatoms. The Morgan fingerprint density at radius 1 is 1.26 bits per heavy atom. The van der Waals surface area contributed by atoms with Crippen molar-refractivity contribution in [1.29, 1.82) is 0 Å². The molecule has 2 amide bonds. The molecule has 1 aliphatic rings. The zero-order valence-electron chi connectivity index (χ0n) is 14.7. The Balaban J connectivity index is 1.83. The first-order valence-corrected chi connectivity index (χ1v) is 8.97. The quantitative estimate of drug-likeness (QED) is 0.628. The summed E-state index contributed by atoms with van der Waals surface area (Å²) in [5, 5.41) is 13.7. The van der Waals surface area contributed by atoms with E-state index in [1.165, 1.54) is 12.1 Å². The van der Waals surface area contributed by atoms with E-state index < -0.39 is 10.8 Å². The summed E-state index contributed by atoms with van der Waals surface area (Å²) in [7, 11) is 0. The van der Waals surface area contributed by atoms with Crippen LogP contribution in [0.1, 0.15) is 35.7 Å². The highest BCUT2D eigenvalue weighted by molar-refractivity contribution is 6.32. The summed E-state index contributed by atoms with van der Waals surface area (Å²) in [6.45, 7) is 2.52. The standard InChI is InChI=1S/C19H18ClN3O4/c1-2-18(24)22-9-3-4-12-10-14(6-8-16(12)22)21-19(25)13-5-7-15(20)17(11-13)23(26)27/h5-8,10-11H,2-4,9H2,1H3,(H,21,25). The number of carbonyl (C=O) groups excluding carboxylic acids is 2. The van der Waals surface area contributed by atoms with Gasteiger partial charge in [-0.25, -0.2) is 0 Å². The Bertz CT molecular complexity index is 929. The number of fused-ring (bicyclic) bond motifs is 1. The highest BCUT2D eigenvalue weighted by Crippen LogP contribution is 2.31. The average molecular weight is 388 g/mol. The molecule has 140 valence electrons. The third kappa shape index (κ3) is 3.93. The number of hydrogen-bond donors (Lipinski definition) is 1. The highest BCUT2D eigenvalue weighted by Gasteiger charge is 2.22. The van der Waals surface area contributed by atoms with Gasteiger partial charge in [-0.2, -0.15) is 0 Å². The van der Waals surface area contributed by atoms with Gasteiger partial charge in [0.1, 0.15) is 5.02 Å². The van der Waals surface area contributed by atoms with Gasteiger partial charge in [0.25, 0.3) is 11.6 Å². The van der Waals surface area contributed by atoms with Crippen molar-refractivity contribution >= 4 is 40.5 Å². The molecule has 0 fully saturated rings. The first-order valence-electron chi connectivity index (χ1n) is 8.59. The summed E-state index contributed by atoms with van der Waals surface area (Å²) in [6.07, 6.45) is 2.12. The van der Waals surface area contributed by atoms with Crippen molar-refractivity contribution in [1.82, 2.24) is 0 Å². The maximum absolute atomic E-state index is 12.4. The van der Waals surface area contributed by atoms with Crippen molar-refractivity contribution < 1.29 is 14.5 Å². The minimum Gasteiger partial charge on any atom is -0.322 e. The summed E-state index contributed by atoms with van der Waals surface area (Å²) < 4.78 is 0. The van der Waals surface area contributed by atoms with Crippen LogP contribution in [0.2, 0.25) is 5.02 Å². The maximum atomic E-state index is 12.4. The van der Waals surface area contributed by atoms with E-state index in [1.54, 1.807) is 11.0 Å². The summed E-state index contributed by atoms with van der Waals surface area (Å²) in [5.74, 6) is -0.395. The number of nitrogens with zero attached hydrogens (tertiary/aromatic N) is 2. The van der Waals surface area contributed by atoms with E-state index in [4.69, 9.17) is 11.6 Å². The fraction of sp³-hybridized carbons (Fsp3) is 0.263. The Labute approximate surface area is 161 Å². The van der Waals surface area contributed by atoms with Gasteiger partial charge in [-0.3, -0.25) is 19.7 Å². The van der Waals surface area contributed by atoms with Crippen molar-refractivity contribution in [3.05, 3.63) is 62.7 Å². The van der Waals surface area contributed by atoms with Gasteiger partial charge in [-0.05, 0) is 48.7 Å². The third-order valence-electron chi connectivity index (χ3n) is 4.46. The van der Waals surface area contributed by atoms with Crippen molar-refractivity contribution in [2.75, 3.05) is 16.8 Å². The summed E-state index contributed by atoms with van der Waals surface area (Å²) in [4.78, 5) is 36.7. The fourth-order valence-electron chi connectivity index (χ4n) is 3.12. The number of nitrogens with one attached hydrogen (secondary N) is 1. The van der Waals surface area contributed by atoms with E-state index in [-0.39, 0.29) is 22.2 Å². The van der Waals surface area contributed by atoms with Crippen LogP contribution >= 0.6 is 11.6 Å². The lowest BCUT2D eigenvalue weighted by Crippen LogP contribution is -2.34. The van der Waals surface area contributed by atoms with Gasteiger partial charge in [0.05, 0.1) is 4.92 Å². The molecule has 0 saturated heterocycles. The lowest BCUT2D eigenvalue weighted by atomic mass is 10.0. The van der Waals surface area contributed by atoms with Crippen LogP contribution in [-0.2, 0) is 11.2 Å². The predicted octanol–water partition coefficient (Wildman–Crippen LogP) is 4.19. The van der Waals surface area contributed by atoms with Gasteiger partial charge < -0.3 is 10.2 Å². The Morgan fingerprint density at radius 2 is 2.04 bits per heavy atom. The van der Waals surface area contributed by atoms with E-state index in [0.29, 0.717) is 18.7 Å². The van der Waals surface area contributed by atoms with E-state index >= 15 is 0 Å². The summed E-state index contributed by atoms with van der Waals surface area (Å²) in [6, 6.07) is 9.30. The zero-order valence-corrected chi connectivity index (χ0v) is 15.5. The molecule has 0 aromatic heterocycles. The number of hydrogen-bond acceptors (Lipinski definition) is 4. The molecule has 0 bridgehead atoms. The number of rotatable bonds is 4.